The van der Waals surface area contributed by atoms with Gasteiger partial charge in [-0.2, -0.15) is 0 Å². The van der Waals surface area contributed by atoms with Crippen LogP contribution in [0.3, 0.4) is 0 Å². The molecule has 5 rings (SSSR count). The first-order chi connectivity index (χ1) is 16.2. The monoisotopic (exact) mass is 469 g/mol. The van der Waals surface area contributed by atoms with Crippen LogP contribution in [0.25, 0.3) is 0 Å². The topological polar surface area (TPSA) is 12.0 Å². The van der Waals surface area contributed by atoms with Gasteiger partial charge >= 0.3 is 0 Å². The Morgan fingerprint density at radius 1 is 0.853 bits per heavy atom. The third-order valence-corrected chi connectivity index (χ3v) is 13.6. The molecule has 34 heavy (non-hydrogen) atoms. The van der Waals surface area contributed by atoms with Crippen molar-refractivity contribution < 1.29 is 0 Å². The van der Waals surface area contributed by atoms with Gasteiger partial charge in [-0.25, -0.2) is 0 Å². The van der Waals surface area contributed by atoms with Crippen LogP contribution in [-0.2, 0) is 0 Å². The normalized spacial score (nSPS) is 49.3. The third-order valence-electron chi connectivity index (χ3n) is 13.6. The predicted octanol–water partition coefficient (Wildman–Crippen LogP) is 8.97. The molecule has 0 aliphatic heterocycles. The summed E-state index contributed by atoms with van der Waals surface area (Å²) >= 11 is 0. The molecule has 1 nitrogen and oxygen atoms in total. The Morgan fingerprint density at radius 2 is 1.59 bits per heavy atom. The molecule has 1 N–H and O–H groups in total. The van der Waals surface area contributed by atoms with Crippen LogP contribution in [0.15, 0.2) is 0 Å². The van der Waals surface area contributed by atoms with Gasteiger partial charge in [0.05, 0.1) is 0 Å². The molecular formula is C33H59N. The molecule has 6 unspecified atom stereocenters. The van der Waals surface area contributed by atoms with Crippen molar-refractivity contribution in [3.8, 4) is 0 Å². The number of hydrogen-bond donors (Lipinski definition) is 1. The summed E-state index contributed by atoms with van der Waals surface area (Å²) in [7, 11) is 0. The van der Waals surface area contributed by atoms with Crippen molar-refractivity contribution >= 4 is 0 Å². The van der Waals surface area contributed by atoms with Crippen molar-refractivity contribution in [3.63, 3.8) is 0 Å². The van der Waals surface area contributed by atoms with Crippen molar-refractivity contribution in [3.05, 3.63) is 0 Å². The zero-order chi connectivity index (χ0) is 24.3. The van der Waals surface area contributed by atoms with E-state index in [-0.39, 0.29) is 0 Å². The SMILES string of the molecule is CC[C@H](C)CN[C@@H](C1CCC1)C(C)C1[C@@H](C)CC2[C@@H]3CCC4CC(C)CC[C@]4(C)C3CC[C@@]21C. The van der Waals surface area contributed by atoms with Gasteiger partial charge in [-0.05, 0) is 134 Å². The maximum absolute atomic E-state index is 4.19. The van der Waals surface area contributed by atoms with Gasteiger partial charge in [-0.3, -0.25) is 0 Å². The summed E-state index contributed by atoms with van der Waals surface area (Å²) < 4.78 is 0. The quantitative estimate of drug-likeness (QED) is 0.392. The lowest BCUT2D eigenvalue weighted by Gasteiger charge is -2.61. The highest BCUT2D eigenvalue weighted by molar-refractivity contribution is 5.12. The molecule has 5 aliphatic rings. The van der Waals surface area contributed by atoms with E-state index < -0.39 is 0 Å². The highest BCUT2D eigenvalue weighted by atomic mass is 14.9. The smallest absolute Gasteiger partial charge is 0.0124 e. The highest BCUT2D eigenvalue weighted by Crippen LogP contribution is 2.69. The first-order valence-corrected chi connectivity index (χ1v) is 15.9. The van der Waals surface area contributed by atoms with Gasteiger partial charge in [0.25, 0.3) is 0 Å². The Morgan fingerprint density at radius 3 is 2.26 bits per heavy atom. The molecule has 0 aromatic carbocycles. The Balaban J connectivity index is 1.35. The van der Waals surface area contributed by atoms with E-state index in [9.17, 15) is 0 Å². The maximum Gasteiger partial charge on any atom is 0.0124 e. The molecule has 0 amide bonds. The van der Waals surface area contributed by atoms with Gasteiger partial charge in [0.15, 0.2) is 0 Å². The maximum atomic E-state index is 4.19. The molecule has 0 radical (unpaired) electrons. The molecule has 5 aliphatic carbocycles. The lowest BCUT2D eigenvalue weighted by molar-refractivity contribution is -0.122. The van der Waals surface area contributed by atoms with E-state index in [4.69, 9.17) is 0 Å². The van der Waals surface area contributed by atoms with Crippen molar-refractivity contribution in [2.75, 3.05) is 6.54 Å². The van der Waals surface area contributed by atoms with Gasteiger partial charge in [0.1, 0.15) is 0 Å². The molecular weight excluding hydrogens is 410 g/mol. The molecule has 12 atom stereocenters. The predicted molar refractivity (Wildman–Crippen MR) is 147 cm³/mol. The van der Waals surface area contributed by atoms with Gasteiger partial charge in [-0.15, -0.1) is 0 Å². The fraction of sp³-hybridized carbons (Fsp3) is 1.00. The average Bonchev–Trinajstić information content (AvgIpc) is 3.05. The standard InChI is InChI=1S/C33H59N/c1-8-21(2)20-34-31(25-10-9-11-25)24(5)30-23(4)19-29-27-13-12-26-18-22(3)14-16-32(26,6)28(27)15-17-33(29,30)7/h21-31,34H,8-20H2,1-7H3/t21-,22?,23-,24?,26?,27+,28?,29?,30?,31+,32-,33-/m0/s1. The Labute approximate surface area is 213 Å². The second kappa shape index (κ2) is 9.68. The van der Waals surface area contributed by atoms with Crippen LogP contribution >= 0.6 is 0 Å². The summed E-state index contributed by atoms with van der Waals surface area (Å²) in [5.41, 5.74) is 1.25. The third kappa shape index (κ3) is 4.15. The highest BCUT2D eigenvalue weighted by Gasteiger charge is 2.62. The summed E-state index contributed by atoms with van der Waals surface area (Å²) in [5.74, 6) is 9.49. The van der Waals surface area contributed by atoms with Crippen molar-refractivity contribution in [1.82, 2.24) is 5.32 Å². The number of fused-ring (bicyclic) bond motifs is 5. The minimum absolute atomic E-state index is 0.588. The first-order valence-electron chi connectivity index (χ1n) is 15.9. The van der Waals surface area contributed by atoms with E-state index in [0.717, 1.165) is 65.2 Å². The summed E-state index contributed by atoms with van der Waals surface area (Å²) in [4.78, 5) is 0. The van der Waals surface area contributed by atoms with Crippen LogP contribution < -0.4 is 5.32 Å². The van der Waals surface area contributed by atoms with E-state index in [1.165, 1.54) is 64.3 Å². The van der Waals surface area contributed by atoms with Crippen LogP contribution in [0.4, 0.5) is 0 Å². The van der Waals surface area contributed by atoms with Crippen LogP contribution in [0, 0.1) is 70.0 Å². The van der Waals surface area contributed by atoms with Gasteiger partial charge in [-0.1, -0.05) is 67.7 Å². The zero-order valence-electron chi connectivity index (χ0n) is 24.0. The number of rotatable bonds is 7. The molecule has 196 valence electrons. The summed E-state index contributed by atoms with van der Waals surface area (Å²) in [5, 5.41) is 4.19. The molecule has 5 saturated carbocycles. The van der Waals surface area contributed by atoms with Crippen LogP contribution in [0.2, 0.25) is 0 Å². The fourth-order valence-corrected chi connectivity index (χ4v) is 11.3. The minimum atomic E-state index is 0.588. The lowest BCUT2D eigenvalue weighted by atomic mass is 9.44. The summed E-state index contributed by atoms with van der Waals surface area (Å²) in [6.07, 6.45) is 18.0. The van der Waals surface area contributed by atoms with Crippen LogP contribution in [-0.4, -0.2) is 12.6 Å². The first kappa shape index (κ1) is 25.6. The molecule has 0 aromatic rings. The molecule has 0 saturated heterocycles. The number of nitrogens with one attached hydrogen (secondary N) is 1. The molecule has 1 heteroatoms. The van der Waals surface area contributed by atoms with Crippen molar-refractivity contribution in [2.45, 2.75) is 132 Å². The van der Waals surface area contributed by atoms with E-state index >= 15 is 0 Å². The van der Waals surface area contributed by atoms with Crippen LogP contribution in [0.1, 0.15) is 126 Å². The minimum Gasteiger partial charge on any atom is -0.313 e. The largest absolute Gasteiger partial charge is 0.313 e. The lowest BCUT2D eigenvalue weighted by Crippen LogP contribution is -2.55. The van der Waals surface area contributed by atoms with E-state index in [0.29, 0.717) is 10.8 Å². The van der Waals surface area contributed by atoms with Crippen LogP contribution in [0.5, 0.6) is 0 Å². The Bertz CT molecular complexity index is 697. The van der Waals surface area contributed by atoms with E-state index in [2.05, 4.69) is 53.8 Å². The molecule has 0 aromatic heterocycles. The van der Waals surface area contributed by atoms with Gasteiger partial charge in [0.2, 0.25) is 0 Å². The molecule has 0 spiro atoms. The Kier molecular flexibility index (Phi) is 7.29. The van der Waals surface area contributed by atoms with E-state index in [1.807, 2.05) is 0 Å². The zero-order valence-corrected chi connectivity index (χ0v) is 24.0. The Hall–Kier alpha value is -0.0400. The fourth-order valence-electron chi connectivity index (χ4n) is 11.3. The summed E-state index contributed by atoms with van der Waals surface area (Å²) in [6, 6.07) is 0.761. The van der Waals surface area contributed by atoms with Crippen molar-refractivity contribution in [1.29, 1.82) is 0 Å². The van der Waals surface area contributed by atoms with Gasteiger partial charge < -0.3 is 5.32 Å². The van der Waals surface area contributed by atoms with Gasteiger partial charge in [0, 0.05) is 6.04 Å². The molecule has 0 bridgehead atoms. The second-order valence-corrected chi connectivity index (χ2v) is 15.3. The number of hydrogen-bond acceptors (Lipinski definition) is 1. The molecule has 5 fully saturated rings. The second-order valence-electron chi connectivity index (χ2n) is 15.3. The van der Waals surface area contributed by atoms with E-state index in [1.54, 1.807) is 19.3 Å². The average molecular weight is 470 g/mol. The van der Waals surface area contributed by atoms with Crippen molar-refractivity contribution in [2.24, 2.45) is 70.0 Å². The molecule has 0 heterocycles. The summed E-state index contributed by atoms with van der Waals surface area (Å²) in [6.45, 7) is 19.5.